The van der Waals surface area contributed by atoms with Gasteiger partial charge in [0.25, 0.3) is 0 Å². The highest BCUT2D eigenvalue weighted by molar-refractivity contribution is 7.48. The molecule has 0 amide bonds. The number of fused-ring (bicyclic) bond motifs is 5. The van der Waals surface area contributed by atoms with Crippen LogP contribution in [0.25, 0.3) is 0 Å². The number of phosphoric acid groups is 1. The van der Waals surface area contributed by atoms with Crippen LogP contribution in [0.15, 0.2) is 42.5 Å². The first-order valence-corrected chi connectivity index (χ1v) is 16.1. The molecule has 2 aliphatic heterocycles. The molecule has 0 radical (unpaired) electrons. The minimum Gasteiger partial charge on any atom is -0.457 e. The average Bonchev–Trinajstić information content (AvgIpc) is 3.21. The summed E-state index contributed by atoms with van der Waals surface area (Å²) in [6.07, 6.45) is 8.37. The van der Waals surface area contributed by atoms with Crippen LogP contribution in [0.4, 0.5) is 0 Å². The monoisotopic (exact) mass is 564 g/mol. The first-order chi connectivity index (χ1) is 18.4. The summed E-state index contributed by atoms with van der Waals surface area (Å²) in [7, 11) is -1.50. The molecular weight excluding hydrogens is 521 g/mol. The zero-order valence-electron chi connectivity index (χ0n) is 23.2. The van der Waals surface area contributed by atoms with Gasteiger partial charge in [-0.2, -0.15) is 0 Å². The standard InChI is InChI=1S/C30H44ClNO5P/c1-4-6-8-12-18-34-38(33,35-19-13-9-7-5-2)36-23-32(3)21-27-25-14-10-11-15-29(25)37-30-17-16-24(31)20-26(30)28(27)22-32/h10-11,14-17,20,27-28H,4-9,12-13,18-19,21-23H2,1-3H3/q+1. The lowest BCUT2D eigenvalue weighted by Gasteiger charge is -2.31. The number of likely N-dealkylation sites (tertiary alicyclic amines) is 1. The number of likely N-dealkylation sites (N-methyl/N-ethyl adjacent to an activating group) is 1. The number of hydrogen-bond acceptors (Lipinski definition) is 5. The molecule has 0 saturated carbocycles. The van der Waals surface area contributed by atoms with Crippen molar-refractivity contribution in [2.24, 2.45) is 0 Å². The molecule has 0 aromatic heterocycles. The molecule has 2 aromatic carbocycles. The number of quaternary nitrogens is 1. The molecular formula is C30H44ClNO5P+. The van der Waals surface area contributed by atoms with E-state index in [0.29, 0.717) is 22.7 Å². The third-order valence-electron chi connectivity index (χ3n) is 7.69. The van der Waals surface area contributed by atoms with Crippen LogP contribution in [-0.4, -0.2) is 44.6 Å². The Bertz CT molecular complexity index is 1080. The lowest BCUT2D eigenvalue weighted by molar-refractivity contribution is -0.914. The van der Waals surface area contributed by atoms with Crippen molar-refractivity contribution >= 4 is 19.4 Å². The lowest BCUT2D eigenvalue weighted by atomic mass is 9.84. The Kier molecular flexibility index (Phi) is 10.7. The topological polar surface area (TPSA) is 54.0 Å². The summed E-state index contributed by atoms with van der Waals surface area (Å²) < 4.78 is 38.3. The average molecular weight is 565 g/mol. The molecule has 0 aliphatic carbocycles. The SMILES string of the molecule is CCCCCCOP(=O)(OCCCCCC)OC[N+]1(C)CC2c3ccccc3Oc3ccc(Cl)cc3C2C1. The normalized spacial score (nSPS) is 22.3. The molecule has 3 atom stereocenters. The number of halogens is 1. The Hall–Kier alpha value is -1.40. The van der Waals surface area contributed by atoms with Crippen LogP contribution in [-0.2, 0) is 18.1 Å². The minimum atomic E-state index is -3.66. The van der Waals surface area contributed by atoms with Crippen molar-refractivity contribution in [3.63, 3.8) is 0 Å². The molecule has 4 rings (SSSR count). The molecule has 6 nitrogen and oxygen atoms in total. The number of para-hydroxylation sites is 1. The number of nitrogens with zero attached hydrogens (tertiary/aromatic N) is 1. The third-order valence-corrected chi connectivity index (χ3v) is 9.36. The number of benzene rings is 2. The van der Waals surface area contributed by atoms with Gasteiger partial charge in [-0.15, -0.1) is 0 Å². The zero-order chi connectivity index (χ0) is 27.0. The van der Waals surface area contributed by atoms with E-state index in [1.54, 1.807) is 0 Å². The molecule has 210 valence electrons. The molecule has 2 aliphatic rings. The van der Waals surface area contributed by atoms with E-state index in [-0.39, 0.29) is 18.6 Å². The Morgan fingerprint density at radius 2 is 1.45 bits per heavy atom. The van der Waals surface area contributed by atoms with E-state index < -0.39 is 7.82 Å². The molecule has 2 heterocycles. The molecule has 0 spiro atoms. The number of phosphoric ester groups is 1. The van der Waals surface area contributed by atoms with Crippen molar-refractivity contribution in [3.8, 4) is 11.5 Å². The van der Waals surface area contributed by atoms with Crippen molar-refractivity contribution in [1.29, 1.82) is 0 Å². The Morgan fingerprint density at radius 1 is 0.842 bits per heavy atom. The largest absolute Gasteiger partial charge is 0.479 e. The van der Waals surface area contributed by atoms with Crippen LogP contribution in [0.5, 0.6) is 11.5 Å². The first kappa shape index (κ1) is 29.6. The summed E-state index contributed by atoms with van der Waals surface area (Å²) in [4.78, 5) is 0. The Balaban J connectivity index is 1.48. The van der Waals surface area contributed by atoms with Crippen LogP contribution in [0.1, 0.15) is 88.2 Å². The molecule has 8 heteroatoms. The highest BCUT2D eigenvalue weighted by Crippen LogP contribution is 2.54. The van der Waals surface area contributed by atoms with E-state index in [4.69, 9.17) is 29.9 Å². The first-order valence-electron chi connectivity index (χ1n) is 14.3. The summed E-state index contributed by atoms with van der Waals surface area (Å²) in [5, 5.41) is 0.701. The van der Waals surface area contributed by atoms with Crippen molar-refractivity contribution in [3.05, 3.63) is 58.6 Å². The number of ether oxygens (including phenoxy) is 1. The van der Waals surface area contributed by atoms with Crippen molar-refractivity contribution in [1.82, 2.24) is 0 Å². The second-order valence-corrected chi connectivity index (χ2v) is 13.1. The van der Waals surface area contributed by atoms with Gasteiger partial charge in [-0.3, -0.25) is 9.05 Å². The van der Waals surface area contributed by atoms with Crippen LogP contribution in [0, 0.1) is 0 Å². The second-order valence-electron chi connectivity index (χ2n) is 11.0. The quantitative estimate of drug-likeness (QED) is 0.123. The summed E-state index contributed by atoms with van der Waals surface area (Å²) in [5.74, 6) is 2.16. The van der Waals surface area contributed by atoms with Gasteiger partial charge in [-0.05, 0) is 37.1 Å². The third kappa shape index (κ3) is 7.62. The minimum absolute atomic E-state index is 0.199. The van der Waals surface area contributed by atoms with Crippen molar-refractivity contribution in [2.45, 2.75) is 77.0 Å². The van der Waals surface area contributed by atoms with Crippen molar-refractivity contribution < 1.29 is 27.4 Å². The number of hydrogen-bond donors (Lipinski definition) is 0. The van der Waals surface area contributed by atoms with E-state index >= 15 is 0 Å². The van der Waals surface area contributed by atoms with Gasteiger partial charge in [-0.1, -0.05) is 82.2 Å². The molecule has 0 N–H and O–H groups in total. The maximum Gasteiger partial charge on any atom is 0.479 e. The zero-order valence-corrected chi connectivity index (χ0v) is 24.9. The van der Waals surface area contributed by atoms with E-state index in [9.17, 15) is 4.57 Å². The molecule has 1 fully saturated rings. The van der Waals surface area contributed by atoms with Gasteiger partial charge in [0.2, 0.25) is 0 Å². The maximum atomic E-state index is 13.7. The fraction of sp³-hybridized carbons (Fsp3) is 0.600. The van der Waals surface area contributed by atoms with Crippen molar-refractivity contribution in [2.75, 3.05) is 40.1 Å². The number of rotatable bonds is 15. The smallest absolute Gasteiger partial charge is 0.457 e. The van der Waals surface area contributed by atoms with Gasteiger partial charge in [0.1, 0.15) is 11.5 Å². The highest BCUT2D eigenvalue weighted by Gasteiger charge is 2.48. The fourth-order valence-electron chi connectivity index (χ4n) is 5.65. The molecule has 3 unspecified atom stereocenters. The molecule has 1 saturated heterocycles. The lowest BCUT2D eigenvalue weighted by Crippen LogP contribution is -2.43. The van der Waals surface area contributed by atoms with Crippen LogP contribution in [0.2, 0.25) is 5.02 Å². The van der Waals surface area contributed by atoms with Gasteiger partial charge >= 0.3 is 7.82 Å². The van der Waals surface area contributed by atoms with E-state index in [1.807, 2.05) is 30.3 Å². The van der Waals surface area contributed by atoms with E-state index in [2.05, 4.69) is 33.0 Å². The van der Waals surface area contributed by atoms with E-state index in [1.165, 1.54) is 5.56 Å². The molecule has 2 aromatic rings. The summed E-state index contributed by atoms with van der Waals surface area (Å²) in [6.45, 7) is 7.01. The van der Waals surface area contributed by atoms with Gasteiger partial charge in [0, 0.05) is 28.0 Å². The summed E-state index contributed by atoms with van der Waals surface area (Å²) in [6, 6.07) is 14.1. The Labute approximate surface area is 233 Å². The van der Waals surface area contributed by atoms with Crippen LogP contribution in [0.3, 0.4) is 0 Å². The van der Waals surface area contributed by atoms with E-state index in [0.717, 1.165) is 81.5 Å². The fourth-order valence-corrected chi connectivity index (χ4v) is 7.18. The highest BCUT2D eigenvalue weighted by atomic mass is 35.5. The van der Waals surface area contributed by atoms with Gasteiger partial charge in [-0.25, -0.2) is 9.09 Å². The van der Waals surface area contributed by atoms with Gasteiger partial charge in [0.05, 0.1) is 33.4 Å². The summed E-state index contributed by atoms with van der Waals surface area (Å²) >= 11 is 6.43. The second kappa shape index (κ2) is 13.8. The van der Waals surface area contributed by atoms with Crippen LogP contribution >= 0.6 is 19.4 Å². The molecule has 38 heavy (non-hydrogen) atoms. The Morgan fingerprint density at radius 3 is 2.11 bits per heavy atom. The predicted octanol–water partition coefficient (Wildman–Crippen LogP) is 9.05. The maximum absolute atomic E-state index is 13.7. The molecule has 0 bridgehead atoms. The number of unbranched alkanes of at least 4 members (excludes halogenated alkanes) is 6. The summed E-state index contributed by atoms with van der Waals surface area (Å²) in [5.41, 5.74) is 2.30. The predicted molar refractivity (Wildman–Crippen MR) is 153 cm³/mol. The van der Waals surface area contributed by atoms with Gasteiger partial charge in [0.15, 0.2) is 6.73 Å². The van der Waals surface area contributed by atoms with Crippen LogP contribution < -0.4 is 4.74 Å². The van der Waals surface area contributed by atoms with Gasteiger partial charge < -0.3 is 9.22 Å².